The van der Waals surface area contributed by atoms with Crippen molar-refractivity contribution in [2.24, 2.45) is 5.92 Å². The molecule has 2 saturated heterocycles. The Balaban J connectivity index is 1.48. The standard InChI is InChI=1S/C20H27N5O2S/c1-4-15-18(26)21-7-10-25(15)20(27)14-5-8-24(9-6-14)17-16-12(2)13(3)28-19(16)23-11-22-17/h11,14-15H,4-10H2,1-3H3,(H,21,26)/t15-/m1/s1. The van der Waals surface area contributed by atoms with E-state index in [4.69, 9.17) is 0 Å². The molecule has 150 valence electrons. The summed E-state index contributed by atoms with van der Waals surface area (Å²) in [6.45, 7) is 8.98. The molecule has 0 unspecified atom stereocenters. The Hall–Kier alpha value is -2.22. The Kier molecular flexibility index (Phi) is 5.23. The molecule has 2 amide bonds. The van der Waals surface area contributed by atoms with Gasteiger partial charge >= 0.3 is 0 Å². The number of nitrogens with one attached hydrogen (secondary N) is 1. The van der Waals surface area contributed by atoms with E-state index < -0.39 is 0 Å². The number of thiophene rings is 1. The third-order valence-electron chi connectivity index (χ3n) is 6.09. The number of fused-ring (bicyclic) bond motifs is 1. The number of nitrogens with zero attached hydrogens (tertiary/aromatic N) is 4. The summed E-state index contributed by atoms with van der Waals surface area (Å²) in [6, 6.07) is -0.322. The predicted octanol–water partition coefficient (Wildman–Crippen LogP) is 2.26. The van der Waals surface area contributed by atoms with Gasteiger partial charge in [0.05, 0.1) is 5.39 Å². The molecule has 2 aliphatic heterocycles. The van der Waals surface area contributed by atoms with Crippen molar-refractivity contribution < 1.29 is 9.59 Å². The Morgan fingerprint density at radius 2 is 2.00 bits per heavy atom. The number of carbonyl (C=O) groups is 2. The molecule has 4 rings (SSSR count). The van der Waals surface area contributed by atoms with Gasteiger partial charge in [-0.05, 0) is 38.7 Å². The van der Waals surface area contributed by atoms with Crippen LogP contribution < -0.4 is 10.2 Å². The molecule has 1 N–H and O–H groups in total. The Morgan fingerprint density at radius 3 is 2.71 bits per heavy atom. The number of amides is 2. The van der Waals surface area contributed by atoms with Gasteiger partial charge in [0, 0.05) is 37.0 Å². The number of hydrogen-bond donors (Lipinski definition) is 1. The number of aromatic nitrogens is 2. The zero-order valence-electron chi connectivity index (χ0n) is 16.7. The fourth-order valence-corrected chi connectivity index (χ4v) is 5.35. The molecule has 7 nitrogen and oxygen atoms in total. The predicted molar refractivity (Wildman–Crippen MR) is 111 cm³/mol. The molecule has 2 aromatic rings. The minimum absolute atomic E-state index is 0.0150. The summed E-state index contributed by atoms with van der Waals surface area (Å²) >= 11 is 1.71. The van der Waals surface area contributed by atoms with Gasteiger partial charge in [0.1, 0.15) is 23.0 Å². The molecule has 0 aliphatic carbocycles. The van der Waals surface area contributed by atoms with Gasteiger partial charge in [0.2, 0.25) is 11.8 Å². The molecule has 0 aromatic carbocycles. The highest BCUT2D eigenvalue weighted by Gasteiger charge is 2.36. The van der Waals surface area contributed by atoms with Crippen molar-refractivity contribution in [1.82, 2.24) is 20.2 Å². The van der Waals surface area contributed by atoms with Crippen LogP contribution in [0.4, 0.5) is 5.82 Å². The van der Waals surface area contributed by atoms with E-state index in [0.717, 1.165) is 42.0 Å². The first kappa shape index (κ1) is 19.1. The number of rotatable bonds is 3. The molecule has 2 aliphatic rings. The van der Waals surface area contributed by atoms with Gasteiger partial charge in [-0.1, -0.05) is 6.92 Å². The van der Waals surface area contributed by atoms with Crippen LogP contribution in [0.5, 0.6) is 0 Å². The molecule has 28 heavy (non-hydrogen) atoms. The van der Waals surface area contributed by atoms with E-state index in [9.17, 15) is 9.59 Å². The highest BCUT2D eigenvalue weighted by molar-refractivity contribution is 7.18. The average Bonchev–Trinajstić information content (AvgIpc) is 3.01. The van der Waals surface area contributed by atoms with Crippen molar-refractivity contribution in [2.75, 3.05) is 31.1 Å². The van der Waals surface area contributed by atoms with Crippen molar-refractivity contribution >= 4 is 39.2 Å². The van der Waals surface area contributed by atoms with Crippen LogP contribution in [0, 0.1) is 19.8 Å². The zero-order chi connectivity index (χ0) is 19.8. The largest absolute Gasteiger partial charge is 0.356 e. The second-order valence-corrected chi connectivity index (χ2v) is 8.87. The summed E-state index contributed by atoms with van der Waals surface area (Å²) in [5.41, 5.74) is 1.25. The maximum absolute atomic E-state index is 13.1. The highest BCUT2D eigenvalue weighted by atomic mass is 32.1. The number of carbonyl (C=O) groups excluding carboxylic acids is 2. The van der Waals surface area contributed by atoms with Crippen LogP contribution in [0.2, 0.25) is 0 Å². The maximum atomic E-state index is 13.1. The monoisotopic (exact) mass is 401 g/mol. The minimum atomic E-state index is -0.322. The first-order valence-electron chi connectivity index (χ1n) is 10.0. The summed E-state index contributed by atoms with van der Waals surface area (Å²) in [6.07, 6.45) is 3.89. The quantitative estimate of drug-likeness (QED) is 0.854. The molecule has 2 aromatic heterocycles. The van der Waals surface area contributed by atoms with E-state index in [-0.39, 0.29) is 23.8 Å². The van der Waals surface area contributed by atoms with Gasteiger partial charge in [0.15, 0.2) is 0 Å². The maximum Gasteiger partial charge on any atom is 0.242 e. The van der Waals surface area contributed by atoms with Crippen LogP contribution in [0.1, 0.15) is 36.6 Å². The first-order valence-corrected chi connectivity index (χ1v) is 10.9. The van der Waals surface area contributed by atoms with Crippen LogP contribution in [-0.4, -0.2) is 58.9 Å². The summed E-state index contributed by atoms with van der Waals surface area (Å²) in [4.78, 5) is 40.6. The van der Waals surface area contributed by atoms with Crippen LogP contribution >= 0.6 is 11.3 Å². The van der Waals surface area contributed by atoms with Gasteiger partial charge < -0.3 is 15.1 Å². The molecule has 1 atom stereocenters. The topological polar surface area (TPSA) is 78.4 Å². The van der Waals surface area contributed by atoms with Crippen LogP contribution in [0.3, 0.4) is 0 Å². The van der Waals surface area contributed by atoms with E-state index in [2.05, 4.69) is 34.0 Å². The lowest BCUT2D eigenvalue weighted by molar-refractivity contribution is -0.146. The van der Waals surface area contributed by atoms with Crippen LogP contribution in [0.25, 0.3) is 10.2 Å². The van der Waals surface area contributed by atoms with E-state index >= 15 is 0 Å². The number of anilines is 1. The molecular weight excluding hydrogens is 374 g/mol. The number of aryl methyl sites for hydroxylation is 2. The van der Waals surface area contributed by atoms with Crippen molar-refractivity contribution in [1.29, 1.82) is 0 Å². The van der Waals surface area contributed by atoms with E-state index in [1.165, 1.54) is 10.4 Å². The molecular formula is C20H27N5O2S. The lowest BCUT2D eigenvalue weighted by atomic mass is 9.93. The SMILES string of the molecule is CC[C@@H]1C(=O)NCCN1C(=O)C1CCN(c2ncnc3sc(C)c(C)c23)CC1. The van der Waals surface area contributed by atoms with E-state index in [1.54, 1.807) is 22.6 Å². The number of piperidine rings is 1. The Morgan fingerprint density at radius 1 is 1.25 bits per heavy atom. The summed E-state index contributed by atoms with van der Waals surface area (Å²) in [5.74, 6) is 1.09. The normalized spacial score (nSPS) is 21.2. The molecule has 0 saturated carbocycles. The molecule has 4 heterocycles. The second-order valence-electron chi connectivity index (χ2n) is 7.67. The van der Waals surface area contributed by atoms with Gasteiger partial charge in [-0.25, -0.2) is 9.97 Å². The van der Waals surface area contributed by atoms with Gasteiger partial charge in [-0.3, -0.25) is 9.59 Å². The second kappa shape index (κ2) is 7.66. The van der Waals surface area contributed by atoms with Gasteiger partial charge in [0.25, 0.3) is 0 Å². The Bertz CT molecular complexity index is 903. The van der Waals surface area contributed by atoms with Crippen LogP contribution in [-0.2, 0) is 9.59 Å². The van der Waals surface area contributed by atoms with Crippen molar-refractivity contribution in [2.45, 2.75) is 46.1 Å². The molecule has 8 heteroatoms. The zero-order valence-corrected chi connectivity index (χ0v) is 17.5. The third-order valence-corrected chi connectivity index (χ3v) is 7.20. The van der Waals surface area contributed by atoms with Crippen molar-refractivity contribution in [3.05, 3.63) is 16.8 Å². The summed E-state index contributed by atoms with van der Waals surface area (Å²) in [7, 11) is 0. The summed E-state index contributed by atoms with van der Waals surface area (Å²) < 4.78 is 0. The minimum Gasteiger partial charge on any atom is -0.356 e. The lowest BCUT2D eigenvalue weighted by Gasteiger charge is -2.39. The molecule has 0 bridgehead atoms. The highest BCUT2D eigenvalue weighted by Crippen LogP contribution is 2.35. The number of hydrogen-bond acceptors (Lipinski definition) is 6. The third kappa shape index (κ3) is 3.23. The van der Waals surface area contributed by atoms with Crippen molar-refractivity contribution in [3.8, 4) is 0 Å². The van der Waals surface area contributed by atoms with Gasteiger partial charge in [-0.15, -0.1) is 11.3 Å². The molecule has 2 fully saturated rings. The fourth-order valence-electron chi connectivity index (χ4n) is 4.36. The first-order chi connectivity index (χ1) is 13.5. The molecule has 0 spiro atoms. The smallest absolute Gasteiger partial charge is 0.242 e. The fraction of sp³-hybridized carbons (Fsp3) is 0.600. The van der Waals surface area contributed by atoms with E-state index in [0.29, 0.717) is 19.5 Å². The molecule has 0 radical (unpaired) electrons. The Labute approximate surface area is 169 Å². The van der Waals surface area contributed by atoms with Crippen LogP contribution in [0.15, 0.2) is 6.33 Å². The number of piperazine rings is 1. The van der Waals surface area contributed by atoms with E-state index in [1.807, 2.05) is 6.92 Å². The lowest BCUT2D eigenvalue weighted by Crippen LogP contribution is -2.58. The van der Waals surface area contributed by atoms with Crippen molar-refractivity contribution in [3.63, 3.8) is 0 Å². The van der Waals surface area contributed by atoms with Gasteiger partial charge in [-0.2, -0.15) is 0 Å². The summed E-state index contributed by atoms with van der Waals surface area (Å²) in [5, 5.41) is 4.02. The average molecular weight is 402 g/mol.